The maximum atomic E-state index is 11.9. The predicted molar refractivity (Wildman–Crippen MR) is 245 cm³/mol. The Bertz CT molecular complexity index is 2310. The molecule has 4 aromatic carbocycles. The van der Waals surface area contributed by atoms with Gasteiger partial charge < -0.3 is 34.6 Å². The van der Waals surface area contributed by atoms with E-state index in [2.05, 4.69) is 44.0 Å². The molecule has 0 saturated heterocycles. The van der Waals surface area contributed by atoms with Crippen LogP contribution in [0.3, 0.4) is 0 Å². The Kier molecular flexibility index (Phi) is 15.0. The SMILES string of the molecule is C=CCO[C@@]12Oc3ccc(Oc4ccc(C)c(C)c4)cc3[C@H]3[C@H](CCCCO)[C@@H](CCCCO)C=C(C(=NOCc4ccc([N+](=O)[O-])cc4)C[C@@H]1Sc1ccc(NC(C)=O)cc1)[C@H]32. The summed E-state index contributed by atoms with van der Waals surface area (Å²) < 4.78 is 21.0. The van der Waals surface area contributed by atoms with Gasteiger partial charge >= 0.3 is 0 Å². The molecule has 1 fully saturated rings. The molecule has 1 saturated carbocycles. The first-order chi connectivity index (χ1) is 30.5. The molecule has 0 bridgehead atoms. The number of non-ortho nitro benzene ring substituents is 1. The quantitative estimate of drug-likeness (QED) is 0.0337. The molecule has 63 heavy (non-hydrogen) atoms. The van der Waals surface area contributed by atoms with Gasteiger partial charge in [-0.15, -0.1) is 18.3 Å². The van der Waals surface area contributed by atoms with E-state index in [1.807, 2.05) is 48.5 Å². The number of nitrogens with zero attached hydrogens (tertiary/aromatic N) is 2. The van der Waals surface area contributed by atoms with E-state index < -0.39 is 10.7 Å². The molecule has 332 valence electrons. The van der Waals surface area contributed by atoms with E-state index >= 15 is 0 Å². The lowest BCUT2D eigenvalue weighted by atomic mass is 9.56. The molecular weight excluding hydrogens is 819 g/mol. The van der Waals surface area contributed by atoms with Gasteiger partial charge in [-0.25, -0.2) is 0 Å². The molecule has 0 spiro atoms. The number of nitro benzene ring substituents is 1. The van der Waals surface area contributed by atoms with Crippen molar-refractivity contribution >= 4 is 34.8 Å². The Hall–Kier alpha value is -5.47. The van der Waals surface area contributed by atoms with Crippen LogP contribution in [0.25, 0.3) is 0 Å². The van der Waals surface area contributed by atoms with Gasteiger partial charge in [0.15, 0.2) is 0 Å². The number of aliphatic hydroxyl groups is 2. The first kappa shape index (κ1) is 45.6. The van der Waals surface area contributed by atoms with Crippen LogP contribution in [-0.2, 0) is 21.0 Å². The Labute approximate surface area is 373 Å². The van der Waals surface area contributed by atoms with Gasteiger partial charge in [0.1, 0.15) is 23.9 Å². The molecule has 3 aliphatic rings. The van der Waals surface area contributed by atoms with Crippen molar-refractivity contribution in [2.45, 2.75) is 94.2 Å². The van der Waals surface area contributed by atoms with Crippen LogP contribution in [0.15, 0.2) is 119 Å². The average molecular weight is 876 g/mol. The van der Waals surface area contributed by atoms with Crippen molar-refractivity contribution in [3.8, 4) is 17.2 Å². The molecule has 0 aromatic heterocycles. The zero-order valence-electron chi connectivity index (χ0n) is 36.2. The number of benzene rings is 4. The highest BCUT2D eigenvalue weighted by molar-refractivity contribution is 8.00. The summed E-state index contributed by atoms with van der Waals surface area (Å²) in [5, 5.41) is 38.6. The second-order valence-electron chi connectivity index (χ2n) is 16.6. The van der Waals surface area contributed by atoms with Gasteiger partial charge in [-0.1, -0.05) is 36.2 Å². The van der Waals surface area contributed by atoms with Crippen LogP contribution in [0, 0.1) is 41.7 Å². The number of allylic oxidation sites excluding steroid dienone is 1. The van der Waals surface area contributed by atoms with Crippen molar-refractivity contribution in [1.29, 1.82) is 0 Å². The number of hydrogen-bond donors (Lipinski definition) is 3. The number of anilines is 1. The number of carbonyl (C=O) groups is 1. The van der Waals surface area contributed by atoms with E-state index in [0.717, 1.165) is 64.3 Å². The summed E-state index contributed by atoms with van der Waals surface area (Å²) in [5.41, 5.74) is 6.47. The minimum atomic E-state index is -1.21. The number of amides is 1. The predicted octanol–water partition coefficient (Wildman–Crippen LogP) is 10.6. The van der Waals surface area contributed by atoms with Gasteiger partial charge in [0, 0.05) is 60.8 Å². The molecule has 1 heterocycles. The number of fused-ring (bicyclic) bond motifs is 2. The number of oxime groups is 1. The number of thioether (sulfide) groups is 1. The third-order valence-corrected chi connectivity index (χ3v) is 13.7. The molecule has 1 amide bonds. The van der Waals surface area contributed by atoms with Crippen molar-refractivity contribution in [3.05, 3.63) is 142 Å². The van der Waals surface area contributed by atoms with E-state index in [4.69, 9.17) is 24.2 Å². The number of aliphatic hydroxyl groups excluding tert-OH is 2. The third-order valence-electron chi connectivity index (χ3n) is 12.3. The van der Waals surface area contributed by atoms with Gasteiger partial charge in [-0.05, 0) is 140 Å². The summed E-state index contributed by atoms with van der Waals surface area (Å²) in [6, 6.07) is 26.1. The molecule has 6 atom stereocenters. The van der Waals surface area contributed by atoms with Crippen molar-refractivity contribution < 1.29 is 39.0 Å². The molecule has 13 heteroatoms. The first-order valence-corrected chi connectivity index (χ1v) is 22.6. The van der Waals surface area contributed by atoms with Crippen LogP contribution >= 0.6 is 11.8 Å². The zero-order chi connectivity index (χ0) is 44.5. The van der Waals surface area contributed by atoms with Crippen LogP contribution < -0.4 is 14.8 Å². The Morgan fingerprint density at radius 1 is 0.968 bits per heavy atom. The fourth-order valence-electron chi connectivity index (χ4n) is 9.28. The summed E-state index contributed by atoms with van der Waals surface area (Å²) in [4.78, 5) is 29.9. The molecule has 12 nitrogen and oxygen atoms in total. The Morgan fingerprint density at radius 2 is 1.68 bits per heavy atom. The van der Waals surface area contributed by atoms with E-state index in [1.165, 1.54) is 24.6 Å². The number of aryl methyl sites for hydroxylation is 2. The minimum absolute atomic E-state index is 0.00233. The van der Waals surface area contributed by atoms with Crippen molar-refractivity contribution in [1.82, 2.24) is 0 Å². The standard InChI is InChI=1S/C50H57N3O9S/c1-5-26-59-50-47(63-41-21-15-37(16-22-41)51-34(4)56)30-45(52-60-31-35-13-17-38(18-14-35)53(57)58)43-28-36(10-6-8-24-54)42(11-7-9-25-55)48(49(43)50)44-29-40(20-23-46(44)62-50)61-39-19-12-32(2)33(3)27-39/h5,12-23,27-29,36,42,47-49,54-55H,1,6-11,24-26,30-31H2,2-4H3,(H,51,56)/t36-,42+,47-,48+,49+,50+/m0/s1. The highest BCUT2D eigenvalue weighted by Crippen LogP contribution is 2.63. The fraction of sp³-hybridized carbons (Fsp3) is 0.400. The van der Waals surface area contributed by atoms with Gasteiger partial charge in [0.25, 0.3) is 5.69 Å². The number of ether oxygens (including phenoxy) is 3. The molecule has 1 aliphatic heterocycles. The molecule has 7 rings (SSSR count). The summed E-state index contributed by atoms with van der Waals surface area (Å²) in [6.45, 7) is 10.2. The lowest BCUT2D eigenvalue weighted by molar-refractivity contribution is -0.384. The van der Waals surface area contributed by atoms with E-state index in [-0.39, 0.29) is 66.9 Å². The van der Waals surface area contributed by atoms with Crippen LogP contribution in [-0.4, -0.2) is 57.6 Å². The monoisotopic (exact) mass is 875 g/mol. The molecule has 2 aliphatic carbocycles. The first-order valence-electron chi connectivity index (χ1n) is 21.8. The van der Waals surface area contributed by atoms with Gasteiger partial charge in [-0.2, -0.15) is 0 Å². The van der Waals surface area contributed by atoms with E-state index in [1.54, 1.807) is 30.0 Å². The minimum Gasteiger partial charge on any atom is -0.460 e. The molecule has 3 N–H and O–H groups in total. The van der Waals surface area contributed by atoms with Gasteiger partial charge in [-0.3, -0.25) is 14.9 Å². The second-order valence-corrected chi connectivity index (χ2v) is 17.9. The summed E-state index contributed by atoms with van der Waals surface area (Å²) in [7, 11) is 0. The van der Waals surface area contributed by atoms with Crippen molar-refractivity contribution in [2.24, 2.45) is 22.9 Å². The smallest absolute Gasteiger partial charge is 0.269 e. The largest absolute Gasteiger partial charge is 0.460 e. The molecule has 0 unspecified atom stereocenters. The van der Waals surface area contributed by atoms with Crippen LogP contribution in [0.2, 0.25) is 0 Å². The van der Waals surface area contributed by atoms with Crippen molar-refractivity contribution in [2.75, 3.05) is 25.1 Å². The number of nitro groups is 1. The van der Waals surface area contributed by atoms with E-state index in [0.29, 0.717) is 36.4 Å². The topological polar surface area (TPSA) is 162 Å². The maximum absolute atomic E-state index is 11.9. The fourth-order valence-corrected chi connectivity index (χ4v) is 10.6. The third kappa shape index (κ3) is 10.5. The lowest BCUT2D eigenvalue weighted by Crippen LogP contribution is -2.64. The molecule has 0 radical (unpaired) electrons. The summed E-state index contributed by atoms with van der Waals surface area (Å²) in [5.74, 6) is 0.422. The average Bonchev–Trinajstić information content (AvgIpc) is 3.27. The number of rotatable bonds is 20. The number of nitrogens with one attached hydrogen (secondary N) is 1. The molecular formula is C50H57N3O9S. The van der Waals surface area contributed by atoms with E-state index in [9.17, 15) is 25.1 Å². The van der Waals surface area contributed by atoms with Crippen molar-refractivity contribution in [3.63, 3.8) is 0 Å². The van der Waals surface area contributed by atoms with Crippen LogP contribution in [0.1, 0.15) is 80.0 Å². The summed E-state index contributed by atoms with van der Waals surface area (Å²) in [6.07, 6.45) is 9.15. The van der Waals surface area contributed by atoms with Gasteiger partial charge in [0.2, 0.25) is 11.7 Å². The maximum Gasteiger partial charge on any atom is 0.269 e. The summed E-state index contributed by atoms with van der Waals surface area (Å²) >= 11 is 1.62. The number of hydrogen-bond acceptors (Lipinski definition) is 11. The van der Waals surface area contributed by atoms with Crippen LogP contribution in [0.5, 0.6) is 17.2 Å². The normalized spacial score (nSPS) is 22.8. The highest BCUT2D eigenvalue weighted by Gasteiger charge is 2.64. The Morgan fingerprint density at radius 3 is 2.37 bits per heavy atom. The molecule has 4 aromatic rings. The second kappa shape index (κ2) is 20.8. The number of unbranched alkanes of at least 4 members (excludes halogenated alkanes) is 2. The number of carbonyl (C=O) groups excluding carboxylic acids is 1. The lowest BCUT2D eigenvalue weighted by Gasteiger charge is -2.58. The van der Waals surface area contributed by atoms with Gasteiger partial charge in [0.05, 0.1) is 28.4 Å². The van der Waals surface area contributed by atoms with Crippen LogP contribution in [0.4, 0.5) is 11.4 Å². The zero-order valence-corrected chi connectivity index (χ0v) is 37.0. The Balaban J connectivity index is 1.38. The highest BCUT2D eigenvalue weighted by atomic mass is 32.2.